The van der Waals surface area contributed by atoms with E-state index in [4.69, 9.17) is 0 Å². The molecule has 9 rings (SSSR count). The maximum absolute atomic E-state index is 9.68. The molecule has 9 aromatic rings. The summed E-state index contributed by atoms with van der Waals surface area (Å²) in [5.74, 6) is 0. The van der Waals surface area contributed by atoms with Crippen LogP contribution >= 0.6 is 0 Å². The number of benzene rings is 7. The van der Waals surface area contributed by atoms with Gasteiger partial charge in [0.15, 0.2) is 0 Å². The summed E-state index contributed by atoms with van der Waals surface area (Å²) in [6.45, 7) is 0. The molecule has 0 fully saturated rings. The Kier molecular flexibility index (Phi) is 6.22. The molecule has 0 saturated heterocycles. The zero-order chi connectivity index (χ0) is 32.2. The zero-order valence-corrected chi connectivity index (χ0v) is 25.8. The van der Waals surface area contributed by atoms with Crippen molar-refractivity contribution < 1.29 is 0 Å². The second-order valence-electron chi connectivity index (χ2n) is 12.0. The van der Waals surface area contributed by atoms with Gasteiger partial charge >= 0.3 is 0 Å². The Bertz CT molecular complexity index is 2820. The van der Waals surface area contributed by atoms with E-state index >= 15 is 0 Å². The van der Waals surface area contributed by atoms with E-state index in [0.29, 0.717) is 11.1 Å². The second-order valence-corrected chi connectivity index (χ2v) is 12.0. The highest BCUT2D eigenvalue weighted by atomic mass is 15.0. The van der Waals surface area contributed by atoms with Gasteiger partial charge in [-0.1, -0.05) is 97.1 Å². The SMILES string of the molecule is N#Cc1cccc(-n2c3ccccc3c3ccc(-c4ccccc4-c4ccccc4-n4c5ccccc5c5cc(C#N)ccc54)cc32)c1. The standard InChI is InChI=1S/C44H26N4/c45-27-29-10-9-11-32(24-29)47-40-17-6-4-15-36(40)38-22-21-31(26-44(38)47)33-12-1-2-13-34(33)35-14-3-7-18-41(35)48-42-19-8-5-16-37(42)39-25-30(28-46)20-23-43(39)48/h1-26H. The van der Waals surface area contributed by atoms with Crippen molar-refractivity contribution >= 4 is 43.6 Å². The van der Waals surface area contributed by atoms with Crippen LogP contribution in [0.3, 0.4) is 0 Å². The quantitative estimate of drug-likeness (QED) is 0.199. The molecule has 4 nitrogen and oxygen atoms in total. The Labute approximate surface area is 277 Å². The van der Waals surface area contributed by atoms with E-state index in [-0.39, 0.29) is 0 Å². The van der Waals surface area contributed by atoms with E-state index in [2.05, 4.69) is 149 Å². The number of hydrogen-bond donors (Lipinski definition) is 0. The highest BCUT2D eigenvalue weighted by Gasteiger charge is 2.19. The lowest BCUT2D eigenvalue weighted by atomic mass is 9.93. The van der Waals surface area contributed by atoms with Gasteiger partial charge in [0.05, 0.1) is 51.0 Å². The summed E-state index contributed by atoms with van der Waals surface area (Å²) in [7, 11) is 0. The predicted molar refractivity (Wildman–Crippen MR) is 195 cm³/mol. The molecular formula is C44H26N4. The first-order valence-electron chi connectivity index (χ1n) is 15.9. The average Bonchev–Trinajstić information content (AvgIpc) is 3.67. The summed E-state index contributed by atoms with van der Waals surface area (Å²) in [5.41, 5.74) is 12.1. The molecule has 4 heteroatoms. The molecule has 2 aromatic heterocycles. The van der Waals surface area contributed by atoms with Gasteiger partial charge in [0.25, 0.3) is 0 Å². The molecule has 0 unspecified atom stereocenters. The largest absolute Gasteiger partial charge is 0.309 e. The van der Waals surface area contributed by atoms with Crippen LogP contribution in [0.2, 0.25) is 0 Å². The summed E-state index contributed by atoms with van der Waals surface area (Å²) in [4.78, 5) is 0. The lowest BCUT2D eigenvalue weighted by Crippen LogP contribution is -1.98. The van der Waals surface area contributed by atoms with Crippen LogP contribution in [0.1, 0.15) is 11.1 Å². The Morgan fingerprint density at radius 2 is 0.979 bits per heavy atom. The number of fused-ring (bicyclic) bond motifs is 6. The average molecular weight is 611 g/mol. The molecule has 0 aliphatic rings. The Morgan fingerprint density at radius 3 is 1.77 bits per heavy atom. The Balaban J connectivity index is 1.29. The van der Waals surface area contributed by atoms with Crippen LogP contribution in [0.25, 0.3) is 77.2 Å². The van der Waals surface area contributed by atoms with Crippen molar-refractivity contribution in [1.29, 1.82) is 10.5 Å². The lowest BCUT2D eigenvalue weighted by Gasteiger charge is -2.17. The molecule has 2 heterocycles. The van der Waals surface area contributed by atoms with Gasteiger partial charge in [0.2, 0.25) is 0 Å². The highest BCUT2D eigenvalue weighted by molar-refractivity contribution is 6.12. The van der Waals surface area contributed by atoms with Crippen LogP contribution in [0.15, 0.2) is 158 Å². The molecule has 0 aliphatic carbocycles. The molecule has 0 bridgehead atoms. The van der Waals surface area contributed by atoms with Crippen molar-refractivity contribution in [2.75, 3.05) is 0 Å². The molecule has 0 radical (unpaired) electrons. The normalized spacial score (nSPS) is 11.3. The van der Waals surface area contributed by atoms with Gasteiger partial charge in [-0.05, 0) is 77.4 Å². The fraction of sp³-hybridized carbons (Fsp3) is 0. The highest BCUT2D eigenvalue weighted by Crippen LogP contribution is 2.41. The van der Waals surface area contributed by atoms with E-state index in [1.165, 1.54) is 5.39 Å². The summed E-state index contributed by atoms with van der Waals surface area (Å²) in [6, 6.07) is 59.1. The van der Waals surface area contributed by atoms with Gasteiger partial charge in [-0.2, -0.15) is 10.5 Å². The molecule has 0 atom stereocenters. The number of nitrogens with zero attached hydrogens (tertiary/aromatic N) is 4. The van der Waals surface area contributed by atoms with Crippen molar-refractivity contribution in [3.8, 4) is 45.8 Å². The van der Waals surface area contributed by atoms with E-state index in [9.17, 15) is 10.5 Å². The molecule has 7 aromatic carbocycles. The first-order chi connectivity index (χ1) is 23.7. The van der Waals surface area contributed by atoms with Gasteiger partial charge in [-0.3, -0.25) is 0 Å². The van der Waals surface area contributed by atoms with Crippen LogP contribution in [-0.4, -0.2) is 9.13 Å². The topological polar surface area (TPSA) is 57.4 Å². The summed E-state index contributed by atoms with van der Waals surface area (Å²) in [6.07, 6.45) is 0. The number of aromatic nitrogens is 2. The maximum Gasteiger partial charge on any atom is 0.0992 e. The Hall–Kier alpha value is -6.88. The molecule has 0 saturated carbocycles. The van der Waals surface area contributed by atoms with Crippen LogP contribution in [0, 0.1) is 22.7 Å². The monoisotopic (exact) mass is 610 g/mol. The van der Waals surface area contributed by atoms with Crippen LogP contribution in [0.4, 0.5) is 0 Å². The minimum Gasteiger partial charge on any atom is -0.309 e. The molecule has 0 amide bonds. The van der Waals surface area contributed by atoms with Crippen molar-refractivity contribution in [2.24, 2.45) is 0 Å². The molecule has 48 heavy (non-hydrogen) atoms. The van der Waals surface area contributed by atoms with E-state index < -0.39 is 0 Å². The fourth-order valence-electron chi connectivity index (χ4n) is 7.30. The predicted octanol–water partition coefficient (Wildman–Crippen LogP) is 11.0. The number of nitriles is 2. The van der Waals surface area contributed by atoms with Crippen molar-refractivity contribution in [3.05, 3.63) is 169 Å². The summed E-state index contributed by atoms with van der Waals surface area (Å²) < 4.78 is 4.58. The summed E-state index contributed by atoms with van der Waals surface area (Å²) in [5, 5.41) is 23.9. The third-order valence-corrected chi connectivity index (χ3v) is 9.38. The van der Waals surface area contributed by atoms with E-state index in [1.807, 2.05) is 30.3 Å². The molecule has 0 aliphatic heterocycles. The fourth-order valence-corrected chi connectivity index (χ4v) is 7.30. The van der Waals surface area contributed by atoms with Crippen LogP contribution in [0.5, 0.6) is 0 Å². The van der Waals surface area contributed by atoms with Gasteiger partial charge in [0.1, 0.15) is 0 Å². The minimum atomic E-state index is 0.630. The second kappa shape index (κ2) is 10.9. The van der Waals surface area contributed by atoms with Gasteiger partial charge in [0, 0.05) is 32.8 Å². The Morgan fingerprint density at radius 1 is 0.375 bits per heavy atom. The van der Waals surface area contributed by atoms with Crippen molar-refractivity contribution in [3.63, 3.8) is 0 Å². The summed E-state index contributed by atoms with van der Waals surface area (Å²) >= 11 is 0. The van der Waals surface area contributed by atoms with E-state index in [0.717, 1.165) is 71.9 Å². The van der Waals surface area contributed by atoms with Gasteiger partial charge < -0.3 is 9.13 Å². The van der Waals surface area contributed by atoms with E-state index in [1.54, 1.807) is 0 Å². The third-order valence-electron chi connectivity index (χ3n) is 9.38. The molecule has 0 spiro atoms. The zero-order valence-electron chi connectivity index (χ0n) is 25.8. The van der Waals surface area contributed by atoms with Crippen LogP contribution < -0.4 is 0 Å². The molecule has 222 valence electrons. The first kappa shape index (κ1) is 27.4. The van der Waals surface area contributed by atoms with Crippen LogP contribution in [-0.2, 0) is 0 Å². The molecule has 0 N–H and O–H groups in total. The maximum atomic E-state index is 9.68. The minimum absolute atomic E-state index is 0.630. The molecular weight excluding hydrogens is 585 g/mol. The van der Waals surface area contributed by atoms with Crippen molar-refractivity contribution in [2.45, 2.75) is 0 Å². The van der Waals surface area contributed by atoms with Crippen molar-refractivity contribution in [1.82, 2.24) is 9.13 Å². The first-order valence-corrected chi connectivity index (χ1v) is 15.9. The van der Waals surface area contributed by atoms with Gasteiger partial charge in [-0.25, -0.2) is 0 Å². The van der Waals surface area contributed by atoms with Gasteiger partial charge in [-0.15, -0.1) is 0 Å². The third kappa shape index (κ3) is 4.14. The smallest absolute Gasteiger partial charge is 0.0992 e. The number of hydrogen-bond acceptors (Lipinski definition) is 2. The number of rotatable bonds is 4. The number of para-hydroxylation sites is 3. The lowest BCUT2D eigenvalue weighted by molar-refractivity contribution is 1.18.